The molecule has 2 aromatic carbocycles. The van der Waals surface area contributed by atoms with Crippen molar-refractivity contribution in [2.45, 2.75) is 18.7 Å². The number of aryl methyl sites for hydroxylation is 2. The standard InChI is InChI=1S/C10H7Cl2NO2S.C10H8ClN/c1-6-5-8(11)7-3-2-4-9(10(7)13-6)16(12,14)15;1-7-6-9(11)8-4-2-3-5-10(8)12-7/h2-5H,1H3;2-6H,1H3. The van der Waals surface area contributed by atoms with Gasteiger partial charge in [-0.3, -0.25) is 9.97 Å². The van der Waals surface area contributed by atoms with Gasteiger partial charge in [0.15, 0.2) is 0 Å². The SMILES string of the molecule is Cc1cc(Cl)c2cccc(S(=O)(=O)Cl)c2n1.Cc1cc(Cl)c2ccccc2n1. The number of hydrogen-bond acceptors (Lipinski definition) is 4. The van der Waals surface area contributed by atoms with Crippen molar-refractivity contribution in [3.8, 4) is 0 Å². The highest BCUT2D eigenvalue weighted by molar-refractivity contribution is 8.14. The fourth-order valence-corrected chi connectivity index (χ4v) is 4.38. The summed E-state index contributed by atoms with van der Waals surface area (Å²) in [7, 11) is 1.52. The third kappa shape index (κ3) is 4.55. The normalized spacial score (nSPS) is 11.3. The molecule has 0 atom stereocenters. The van der Waals surface area contributed by atoms with Crippen molar-refractivity contribution in [3.05, 3.63) is 76.0 Å². The Labute approximate surface area is 177 Å². The van der Waals surface area contributed by atoms with E-state index in [0.29, 0.717) is 21.6 Å². The average Bonchev–Trinajstić information content (AvgIpc) is 2.60. The molecule has 0 N–H and O–H groups in total. The van der Waals surface area contributed by atoms with Crippen LogP contribution in [-0.2, 0) is 9.05 Å². The van der Waals surface area contributed by atoms with E-state index in [1.54, 1.807) is 25.1 Å². The summed E-state index contributed by atoms with van der Waals surface area (Å²) in [5, 5.41) is 2.83. The molecule has 0 fully saturated rings. The van der Waals surface area contributed by atoms with E-state index in [4.69, 9.17) is 33.9 Å². The Balaban J connectivity index is 0.000000167. The quantitative estimate of drug-likeness (QED) is 0.316. The van der Waals surface area contributed by atoms with E-state index in [1.807, 2.05) is 37.3 Å². The van der Waals surface area contributed by atoms with Gasteiger partial charge in [-0.05, 0) is 38.1 Å². The number of aromatic nitrogens is 2. The van der Waals surface area contributed by atoms with Gasteiger partial charge < -0.3 is 0 Å². The first-order valence-corrected chi connectivity index (χ1v) is 11.3. The molecule has 0 aliphatic heterocycles. The molecule has 0 spiro atoms. The average molecular weight is 454 g/mol. The fraction of sp³-hybridized carbons (Fsp3) is 0.100. The van der Waals surface area contributed by atoms with Crippen LogP contribution in [0.3, 0.4) is 0 Å². The molecule has 0 amide bonds. The minimum atomic E-state index is -3.81. The van der Waals surface area contributed by atoms with Crippen LogP contribution in [-0.4, -0.2) is 18.4 Å². The van der Waals surface area contributed by atoms with Crippen LogP contribution in [0.25, 0.3) is 21.8 Å². The van der Waals surface area contributed by atoms with Crippen molar-refractivity contribution in [1.82, 2.24) is 9.97 Å². The summed E-state index contributed by atoms with van der Waals surface area (Å²) in [6.07, 6.45) is 0. The molecule has 144 valence electrons. The molecule has 0 saturated carbocycles. The lowest BCUT2D eigenvalue weighted by Gasteiger charge is -2.05. The topological polar surface area (TPSA) is 59.9 Å². The maximum atomic E-state index is 11.4. The molecule has 2 heterocycles. The summed E-state index contributed by atoms with van der Waals surface area (Å²) in [4.78, 5) is 8.49. The van der Waals surface area contributed by atoms with Crippen LogP contribution in [0.1, 0.15) is 11.4 Å². The molecule has 0 unspecified atom stereocenters. The molecule has 0 bridgehead atoms. The highest BCUT2D eigenvalue weighted by atomic mass is 35.7. The van der Waals surface area contributed by atoms with E-state index < -0.39 is 9.05 Å². The Kier molecular flexibility index (Phi) is 6.10. The summed E-state index contributed by atoms with van der Waals surface area (Å²) in [6.45, 7) is 3.68. The molecule has 8 heteroatoms. The zero-order valence-electron chi connectivity index (χ0n) is 14.9. The summed E-state index contributed by atoms with van der Waals surface area (Å²) in [6, 6.07) is 16.1. The van der Waals surface area contributed by atoms with E-state index in [0.717, 1.165) is 21.6 Å². The predicted molar refractivity (Wildman–Crippen MR) is 116 cm³/mol. The molecule has 4 nitrogen and oxygen atoms in total. The Morgan fingerprint density at radius 3 is 2.04 bits per heavy atom. The van der Waals surface area contributed by atoms with E-state index in [1.165, 1.54) is 6.07 Å². The van der Waals surface area contributed by atoms with Gasteiger partial charge in [0, 0.05) is 32.8 Å². The Morgan fingerprint density at radius 2 is 1.36 bits per heavy atom. The van der Waals surface area contributed by atoms with Crippen LogP contribution in [0.15, 0.2) is 59.5 Å². The fourth-order valence-electron chi connectivity index (χ4n) is 2.75. The maximum Gasteiger partial charge on any atom is 0.263 e. The molecule has 0 saturated heterocycles. The molecule has 0 radical (unpaired) electrons. The highest BCUT2D eigenvalue weighted by Crippen LogP contribution is 2.29. The summed E-state index contributed by atoms with van der Waals surface area (Å²) >= 11 is 12.0. The number of fused-ring (bicyclic) bond motifs is 2. The van der Waals surface area contributed by atoms with Crippen LogP contribution >= 0.6 is 33.9 Å². The monoisotopic (exact) mass is 452 g/mol. The van der Waals surface area contributed by atoms with Crippen molar-refractivity contribution in [1.29, 1.82) is 0 Å². The highest BCUT2D eigenvalue weighted by Gasteiger charge is 2.16. The maximum absolute atomic E-state index is 11.4. The number of halogens is 3. The lowest BCUT2D eigenvalue weighted by Crippen LogP contribution is -1.95. The zero-order valence-corrected chi connectivity index (χ0v) is 18.0. The summed E-state index contributed by atoms with van der Waals surface area (Å²) in [5.74, 6) is 0. The van der Waals surface area contributed by atoms with Gasteiger partial charge in [0.2, 0.25) is 0 Å². The molecule has 0 aliphatic carbocycles. The molecule has 28 heavy (non-hydrogen) atoms. The summed E-state index contributed by atoms with van der Waals surface area (Å²) < 4.78 is 22.7. The molecule has 2 aromatic heterocycles. The number of rotatable bonds is 1. The van der Waals surface area contributed by atoms with Crippen LogP contribution < -0.4 is 0 Å². The molecular formula is C20H15Cl3N2O2S. The first-order chi connectivity index (χ1) is 13.2. The Bertz CT molecular complexity index is 1290. The van der Waals surface area contributed by atoms with Crippen molar-refractivity contribution in [2.75, 3.05) is 0 Å². The van der Waals surface area contributed by atoms with Gasteiger partial charge in [-0.25, -0.2) is 8.42 Å². The minimum Gasteiger partial charge on any atom is -0.253 e. The molecule has 0 aliphatic rings. The van der Waals surface area contributed by atoms with Gasteiger partial charge in [-0.2, -0.15) is 0 Å². The van der Waals surface area contributed by atoms with Crippen molar-refractivity contribution >= 4 is 64.7 Å². The largest absolute Gasteiger partial charge is 0.263 e. The minimum absolute atomic E-state index is 0.0164. The van der Waals surface area contributed by atoms with Gasteiger partial charge in [0.1, 0.15) is 4.90 Å². The number of hydrogen-bond donors (Lipinski definition) is 0. The van der Waals surface area contributed by atoms with Crippen LogP contribution in [0, 0.1) is 13.8 Å². The van der Waals surface area contributed by atoms with Crippen molar-refractivity contribution in [3.63, 3.8) is 0 Å². The third-order valence-corrected chi connectivity index (χ3v) is 5.92. The molecule has 4 rings (SSSR count). The predicted octanol–water partition coefficient (Wildman–Crippen LogP) is 6.32. The van der Waals surface area contributed by atoms with E-state index in [-0.39, 0.29) is 4.90 Å². The van der Waals surface area contributed by atoms with Crippen LogP contribution in [0.5, 0.6) is 0 Å². The second-order valence-electron chi connectivity index (χ2n) is 6.10. The lowest BCUT2D eigenvalue weighted by atomic mass is 10.2. The second-order valence-corrected chi connectivity index (χ2v) is 9.45. The van der Waals surface area contributed by atoms with Crippen molar-refractivity contribution < 1.29 is 8.42 Å². The zero-order chi connectivity index (χ0) is 20.5. The van der Waals surface area contributed by atoms with Gasteiger partial charge in [0.05, 0.1) is 21.1 Å². The van der Waals surface area contributed by atoms with Crippen LogP contribution in [0.4, 0.5) is 0 Å². The molecule has 4 aromatic rings. The Morgan fingerprint density at radius 1 is 0.786 bits per heavy atom. The Hall–Kier alpha value is -1.92. The number of benzene rings is 2. The third-order valence-electron chi connectivity index (χ3n) is 3.94. The van der Waals surface area contributed by atoms with Gasteiger partial charge in [0.25, 0.3) is 9.05 Å². The molecular weight excluding hydrogens is 439 g/mol. The van der Waals surface area contributed by atoms with E-state index >= 15 is 0 Å². The van der Waals surface area contributed by atoms with Crippen LogP contribution in [0.2, 0.25) is 10.0 Å². The van der Waals surface area contributed by atoms with E-state index in [9.17, 15) is 8.42 Å². The smallest absolute Gasteiger partial charge is 0.253 e. The number of para-hydroxylation sites is 2. The van der Waals surface area contributed by atoms with Crippen molar-refractivity contribution in [2.24, 2.45) is 0 Å². The number of nitrogens with zero attached hydrogens (tertiary/aromatic N) is 2. The van der Waals surface area contributed by atoms with E-state index in [2.05, 4.69) is 9.97 Å². The van der Waals surface area contributed by atoms with Gasteiger partial charge >= 0.3 is 0 Å². The summed E-state index contributed by atoms with van der Waals surface area (Å²) in [5.41, 5.74) is 2.87. The second kappa shape index (κ2) is 8.21. The number of pyridine rings is 2. The van der Waals surface area contributed by atoms with Gasteiger partial charge in [-0.15, -0.1) is 0 Å². The van der Waals surface area contributed by atoms with Gasteiger partial charge in [-0.1, -0.05) is 53.5 Å². The first-order valence-electron chi connectivity index (χ1n) is 8.19. The lowest BCUT2D eigenvalue weighted by molar-refractivity contribution is 0.610. The first kappa shape index (κ1) is 20.8.